The van der Waals surface area contributed by atoms with E-state index in [0.717, 1.165) is 0 Å². The molecule has 2 fully saturated rings. The van der Waals surface area contributed by atoms with E-state index in [4.69, 9.17) is 0 Å². The van der Waals surface area contributed by atoms with E-state index >= 15 is 0 Å². The summed E-state index contributed by atoms with van der Waals surface area (Å²) in [5.74, 6) is 0. The Balaban J connectivity index is 1.72. The number of hydrogen-bond donors (Lipinski definition) is 0. The Bertz CT molecular complexity index is 372. The van der Waals surface area contributed by atoms with Gasteiger partial charge in [0.05, 0.1) is 9.16 Å². The summed E-state index contributed by atoms with van der Waals surface area (Å²) < 4.78 is 2.53. The largest absolute Gasteiger partial charge is 0.132 e. The van der Waals surface area contributed by atoms with Gasteiger partial charge in [0.1, 0.15) is 0 Å². The molecule has 3 rings (SSSR count). The fourth-order valence-corrected chi connectivity index (χ4v) is 5.38. The third-order valence-corrected chi connectivity index (χ3v) is 8.10. The van der Waals surface area contributed by atoms with Gasteiger partial charge < -0.3 is 0 Å². The first-order chi connectivity index (χ1) is 7.33. The van der Waals surface area contributed by atoms with Crippen LogP contribution in [0.2, 0.25) is 0 Å². The van der Waals surface area contributed by atoms with Gasteiger partial charge in [-0.25, -0.2) is 0 Å². The van der Waals surface area contributed by atoms with Gasteiger partial charge in [-0.05, 0) is 11.1 Å². The molecule has 0 bridgehead atoms. The van der Waals surface area contributed by atoms with E-state index in [1.54, 1.807) is 0 Å². The van der Waals surface area contributed by atoms with Crippen LogP contribution >= 0.6 is 47.0 Å². The molecule has 2 heterocycles. The van der Waals surface area contributed by atoms with Crippen LogP contribution in [-0.4, -0.2) is 5.08 Å². The highest BCUT2D eigenvalue weighted by Gasteiger charge is 2.26. The standard InChI is InChI=1S/C11H10S4/c1-7-14-11(15-7)9-4-2-8(3-5-9)10-12-6-13-10/h2-5,10-11H,1,6H2. The van der Waals surface area contributed by atoms with Crippen LogP contribution in [0.1, 0.15) is 20.3 Å². The van der Waals surface area contributed by atoms with E-state index in [9.17, 15) is 0 Å². The molecule has 4 heteroatoms. The van der Waals surface area contributed by atoms with E-state index in [-0.39, 0.29) is 0 Å². The molecular formula is C11H10S4. The van der Waals surface area contributed by atoms with Gasteiger partial charge in [-0.2, -0.15) is 0 Å². The summed E-state index contributed by atoms with van der Waals surface area (Å²) in [6, 6.07) is 9.10. The number of thioether (sulfide) groups is 4. The minimum Gasteiger partial charge on any atom is -0.132 e. The highest BCUT2D eigenvalue weighted by Crippen LogP contribution is 2.60. The fourth-order valence-electron chi connectivity index (χ4n) is 1.52. The molecule has 0 spiro atoms. The predicted molar refractivity (Wildman–Crippen MR) is 76.3 cm³/mol. The van der Waals surface area contributed by atoms with Gasteiger partial charge in [-0.3, -0.25) is 0 Å². The summed E-state index contributed by atoms with van der Waals surface area (Å²) in [6.45, 7) is 3.92. The molecule has 1 aromatic rings. The maximum absolute atomic E-state index is 3.92. The highest BCUT2D eigenvalue weighted by atomic mass is 32.3. The van der Waals surface area contributed by atoms with Gasteiger partial charge in [0, 0.05) is 9.32 Å². The van der Waals surface area contributed by atoms with Crippen molar-refractivity contribution in [1.82, 2.24) is 0 Å². The van der Waals surface area contributed by atoms with Crippen molar-refractivity contribution in [2.45, 2.75) is 9.16 Å². The molecule has 0 saturated carbocycles. The van der Waals surface area contributed by atoms with Crippen molar-refractivity contribution in [3.8, 4) is 0 Å². The Hall–Kier alpha value is 0.360. The minimum atomic E-state index is 0.591. The van der Waals surface area contributed by atoms with E-state index < -0.39 is 0 Å². The zero-order valence-corrected chi connectivity index (χ0v) is 11.3. The number of benzene rings is 1. The first kappa shape index (κ1) is 10.5. The second-order valence-corrected chi connectivity index (χ2v) is 9.20. The number of rotatable bonds is 2. The van der Waals surface area contributed by atoms with Crippen LogP contribution in [0.5, 0.6) is 0 Å². The summed E-state index contributed by atoms with van der Waals surface area (Å²) in [6.07, 6.45) is 0. The normalized spacial score (nSPS) is 22.3. The number of hydrogen-bond acceptors (Lipinski definition) is 4. The third-order valence-electron chi connectivity index (χ3n) is 2.40. The molecular weight excluding hydrogens is 260 g/mol. The molecule has 0 amide bonds. The molecule has 0 unspecified atom stereocenters. The van der Waals surface area contributed by atoms with Gasteiger partial charge >= 0.3 is 0 Å². The van der Waals surface area contributed by atoms with Crippen molar-refractivity contribution in [1.29, 1.82) is 0 Å². The molecule has 2 aliphatic heterocycles. The first-order valence-corrected chi connectivity index (χ1v) is 8.54. The van der Waals surface area contributed by atoms with Crippen molar-refractivity contribution in [3.05, 3.63) is 46.2 Å². The van der Waals surface area contributed by atoms with Crippen molar-refractivity contribution in [2.24, 2.45) is 0 Å². The van der Waals surface area contributed by atoms with Gasteiger partial charge in [0.2, 0.25) is 0 Å². The van der Waals surface area contributed by atoms with E-state index in [1.807, 2.05) is 47.0 Å². The Morgan fingerprint density at radius 2 is 1.47 bits per heavy atom. The molecule has 0 radical (unpaired) electrons. The predicted octanol–water partition coefficient (Wildman–Crippen LogP) is 5.07. The Morgan fingerprint density at radius 1 is 0.933 bits per heavy atom. The van der Waals surface area contributed by atoms with Gasteiger partial charge in [0.25, 0.3) is 0 Å². The molecule has 0 N–H and O–H groups in total. The molecule has 15 heavy (non-hydrogen) atoms. The minimum absolute atomic E-state index is 0.591. The lowest BCUT2D eigenvalue weighted by atomic mass is 10.2. The summed E-state index contributed by atoms with van der Waals surface area (Å²) in [7, 11) is 0. The zero-order chi connectivity index (χ0) is 10.3. The van der Waals surface area contributed by atoms with Crippen molar-refractivity contribution >= 4 is 47.0 Å². The lowest BCUT2D eigenvalue weighted by molar-refractivity contribution is 1.30. The van der Waals surface area contributed by atoms with Crippen LogP contribution in [-0.2, 0) is 0 Å². The maximum Gasteiger partial charge on any atom is 0.0855 e. The summed E-state index contributed by atoms with van der Waals surface area (Å²) >= 11 is 7.81. The van der Waals surface area contributed by atoms with Crippen molar-refractivity contribution < 1.29 is 0 Å². The quantitative estimate of drug-likeness (QED) is 0.735. The summed E-state index contributed by atoms with van der Waals surface area (Å²) in [4.78, 5) is 0. The molecule has 0 nitrogen and oxygen atoms in total. The SMILES string of the molecule is C=C1SC(c2ccc(C3SCS3)cc2)S1. The Morgan fingerprint density at radius 3 is 1.87 bits per heavy atom. The molecule has 2 aliphatic rings. The monoisotopic (exact) mass is 270 g/mol. The molecule has 0 aliphatic carbocycles. The Labute approximate surface area is 107 Å². The molecule has 1 aromatic carbocycles. The molecule has 0 atom stereocenters. The topological polar surface area (TPSA) is 0 Å². The molecule has 0 aromatic heterocycles. The molecule has 78 valence electrons. The van der Waals surface area contributed by atoms with E-state index in [1.165, 1.54) is 20.4 Å². The van der Waals surface area contributed by atoms with Crippen LogP contribution in [0, 0.1) is 0 Å². The van der Waals surface area contributed by atoms with Crippen LogP contribution in [0.25, 0.3) is 0 Å². The average molecular weight is 270 g/mol. The van der Waals surface area contributed by atoms with Crippen LogP contribution in [0.15, 0.2) is 35.1 Å². The third kappa shape index (κ3) is 2.09. The fraction of sp³-hybridized carbons (Fsp3) is 0.273. The highest BCUT2D eigenvalue weighted by molar-refractivity contribution is 8.37. The van der Waals surface area contributed by atoms with E-state index in [0.29, 0.717) is 9.16 Å². The maximum atomic E-state index is 3.92. The van der Waals surface area contributed by atoms with Crippen molar-refractivity contribution in [3.63, 3.8) is 0 Å². The summed E-state index contributed by atoms with van der Waals surface area (Å²) in [5, 5.41) is 1.25. The van der Waals surface area contributed by atoms with Crippen LogP contribution in [0.3, 0.4) is 0 Å². The van der Waals surface area contributed by atoms with Gasteiger partial charge in [-0.1, -0.05) is 30.8 Å². The van der Waals surface area contributed by atoms with Crippen LogP contribution < -0.4 is 0 Å². The van der Waals surface area contributed by atoms with E-state index in [2.05, 4.69) is 30.8 Å². The first-order valence-electron chi connectivity index (χ1n) is 4.68. The van der Waals surface area contributed by atoms with Crippen LogP contribution in [0.4, 0.5) is 0 Å². The zero-order valence-electron chi connectivity index (χ0n) is 8.01. The second-order valence-electron chi connectivity index (χ2n) is 3.39. The lowest BCUT2D eigenvalue weighted by Gasteiger charge is -2.28. The van der Waals surface area contributed by atoms with Gasteiger partial charge in [-0.15, -0.1) is 47.0 Å². The Kier molecular flexibility index (Phi) is 3.03. The smallest absolute Gasteiger partial charge is 0.0855 e. The summed E-state index contributed by atoms with van der Waals surface area (Å²) in [5.41, 5.74) is 2.89. The molecule has 2 saturated heterocycles. The lowest BCUT2D eigenvalue weighted by Crippen LogP contribution is -2.01. The second kappa shape index (κ2) is 4.32. The van der Waals surface area contributed by atoms with Crippen molar-refractivity contribution in [2.75, 3.05) is 5.08 Å². The van der Waals surface area contributed by atoms with Gasteiger partial charge in [0.15, 0.2) is 0 Å². The average Bonchev–Trinajstić information content (AvgIpc) is 2.12.